The normalized spacial score (nSPS) is 9.41. The number of ether oxygens (including phenoxy) is 3. The van der Waals surface area contributed by atoms with Crippen molar-refractivity contribution < 1.29 is 146 Å². The summed E-state index contributed by atoms with van der Waals surface area (Å²) in [4.78, 5) is 66.2. The number of aromatic carboxylic acids is 1. The van der Waals surface area contributed by atoms with E-state index in [1.165, 1.54) is 27.4 Å². The van der Waals surface area contributed by atoms with E-state index in [1.807, 2.05) is 26.0 Å². The average molecular weight is 1470 g/mol. The molecule has 0 bridgehead atoms. The van der Waals surface area contributed by atoms with Crippen LogP contribution < -0.4 is 22.9 Å². The van der Waals surface area contributed by atoms with Gasteiger partial charge in [0.1, 0.15) is 0 Å². The van der Waals surface area contributed by atoms with E-state index in [0.29, 0.717) is 61.3 Å². The minimum Gasteiger partial charge on any atom is -0.478 e. The number of hydrogen-bond acceptors (Lipinski definition) is 15. The van der Waals surface area contributed by atoms with Gasteiger partial charge in [-0.25, -0.2) is 14.4 Å². The van der Waals surface area contributed by atoms with Gasteiger partial charge >= 0.3 is 17.9 Å². The molecule has 0 aliphatic carbocycles. The summed E-state index contributed by atoms with van der Waals surface area (Å²) < 4.78 is 15.5. The Balaban J connectivity index is 0. The smallest absolute Gasteiger partial charge is 0.340 e. The maximum absolute atomic E-state index is 11.4. The molecule has 0 aliphatic heterocycles. The number of aryl methyl sites for hydroxylation is 3. The van der Waals surface area contributed by atoms with Crippen LogP contribution >= 0.6 is 31.9 Å². The molecular weight excluding hydrogens is 1420 g/mol. The number of methoxy groups -OCH3 is 3. The number of halogens is 2. The van der Waals surface area contributed by atoms with E-state index in [2.05, 4.69) is 105 Å². The van der Waals surface area contributed by atoms with Crippen molar-refractivity contribution in [2.75, 3.05) is 32.8 Å². The van der Waals surface area contributed by atoms with Crippen molar-refractivity contribution >= 4 is 123 Å². The molecule has 0 atom stereocenters. The van der Waals surface area contributed by atoms with E-state index in [9.17, 15) is 28.8 Å². The molecule has 2 amide bonds. The summed E-state index contributed by atoms with van der Waals surface area (Å²) in [5.74, 6) is -3.09. The number of primary amides is 2. The van der Waals surface area contributed by atoms with Crippen LogP contribution in [0.4, 0.5) is 11.4 Å². The number of fused-ring (bicyclic) bond motifs is 4. The number of H-pyrrole nitrogens is 4. The third-order valence-electron chi connectivity index (χ3n) is 10.7. The van der Waals surface area contributed by atoms with Crippen LogP contribution in [0.1, 0.15) is 79.0 Å². The summed E-state index contributed by atoms with van der Waals surface area (Å²) >= 11 is 6.60. The van der Waals surface area contributed by atoms with Crippen LogP contribution in [-0.2, 0) is 112 Å². The second kappa shape index (κ2) is 37.2. The number of nitrogen functional groups attached to an aromatic ring is 2. The van der Waals surface area contributed by atoms with Gasteiger partial charge in [-0.3, -0.25) is 19.5 Å². The fourth-order valence-corrected chi connectivity index (χ4v) is 7.82. The quantitative estimate of drug-likeness (QED) is 0.0324. The number of carbonyl (C=O) groups excluding carboxylic acids is 5. The zero-order valence-corrected chi connectivity index (χ0v) is 57.6. The molecule has 0 fully saturated rings. The van der Waals surface area contributed by atoms with Crippen LogP contribution in [0.2, 0.25) is 0 Å². The van der Waals surface area contributed by atoms with Crippen molar-refractivity contribution in [1.29, 1.82) is 0 Å². The summed E-state index contributed by atoms with van der Waals surface area (Å²) in [5, 5.41) is 38.5. The summed E-state index contributed by atoms with van der Waals surface area (Å²) in [6.45, 7) is 5.48. The van der Waals surface area contributed by atoms with Crippen LogP contribution in [0.25, 0.3) is 43.6 Å². The molecule has 13 N–H and O–H groups in total. The first-order chi connectivity index (χ1) is 36.2. The molecule has 425 valence electrons. The number of nitrogens with two attached hydrogens (primary N) is 4. The molecule has 6 aromatic carbocycles. The Morgan fingerprint density at radius 1 is 0.512 bits per heavy atom. The van der Waals surface area contributed by atoms with E-state index < -0.39 is 23.8 Å². The van der Waals surface area contributed by atoms with Gasteiger partial charge in [-0.2, -0.15) is 75.0 Å². The number of amides is 2. The van der Waals surface area contributed by atoms with Gasteiger partial charge in [0.2, 0.25) is 0 Å². The maximum Gasteiger partial charge on any atom is 0.340 e. The van der Waals surface area contributed by atoms with Gasteiger partial charge in [-0.05, 0) is 95.5 Å². The third-order valence-corrected chi connectivity index (χ3v) is 11.6. The first-order valence-electron chi connectivity index (χ1n) is 21.8. The number of anilines is 2. The maximum atomic E-state index is 11.4. The summed E-state index contributed by atoms with van der Waals surface area (Å²) in [5.41, 5.74) is 29.9. The fraction of sp³-hybridized carbons (Fsp3) is 0.109. The largest absolute Gasteiger partial charge is 0.478 e. The second-order valence-electron chi connectivity index (χ2n) is 15.6. The van der Waals surface area contributed by atoms with Gasteiger partial charge in [-0.15, -0.1) is 0 Å². The topological polar surface area (TPSA) is 369 Å². The van der Waals surface area contributed by atoms with E-state index in [1.54, 1.807) is 86.2 Å². The summed E-state index contributed by atoms with van der Waals surface area (Å²) in [6.07, 6.45) is 4.92. The number of esters is 3. The van der Waals surface area contributed by atoms with E-state index in [-0.39, 0.29) is 138 Å². The summed E-state index contributed by atoms with van der Waals surface area (Å²) in [6, 6.07) is 30.5. The van der Waals surface area contributed by atoms with Crippen LogP contribution in [0.5, 0.6) is 0 Å². The predicted molar refractivity (Wildman–Crippen MR) is 309 cm³/mol. The molecule has 10 aromatic rings. The number of nitrogens with one attached hydrogen (secondary N) is 4. The first-order valence-corrected chi connectivity index (χ1v) is 23.4. The van der Waals surface area contributed by atoms with Crippen molar-refractivity contribution in [3.05, 3.63) is 197 Å². The Hall–Kier alpha value is -6.11. The number of aromatic nitrogens is 8. The Bertz CT molecular complexity index is 3760. The molecule has 0 aliphatic rings. The van der Waals surface area contributed by atoms with Crippen LogP contribution in [0.3, 0.4) is 0 Å². The number of aromatic amines is 4. The van der Waals surface area contributed by atoms with Gasteiger partial charge in [0.15, 0.2) is 11.8 Å². The van der Waals surface area contributed by atoms with Gasteiger partial charge in [-0.1, -0.05) is 60.2 Å². The Kier molecular flexibility index (Phi) is 35.3. The molecule has 0 spiro atoms. The fourth-order valence-electron chi connectivity index (χ4n) is 6.77. The van der Waals surface area contributed by atoms with Crippen LogP contribution in [0.15, 0.2) is 106 Å². The van der Waals surface area contributed by atoms with Crippen LogP contribution in [0, 0.1) is 61.3 Å². The summed E-state index contributed by atoms with van der Waals surface area (Å²) in [7, 11) is 4.03. The molecule has 4 aromatic heterocycles. The van der Waals surface area contributed by atoms with Crippen molar-refractivity contribution in [2.24, 2.45) is 11.5 Å². The Morgan fingerprint density at radius 2 is 0.927 bits per heavy atom. The minimum atomic E-state index is -0.980. The van der Waals surface area contributed by atoms with E-state index in [4.69, 9.17) is 28.0 Å². The molecular formula is C55H56Br2N12O10Y3-6. The standard InChI is InChI=1S/C9H7BrN2O2.C9H10BrNO2.C9H8N3O.C9H7N2O2.C8H6N3O.C8H9NO2.3CH3.3Y/c1-14-9(13)7-3-6(10)2-5-4-11-12-8(5)7;1-5-3-6(10)4-7(8(5)11)9(12)13-2;1-5-6-3-2-4-7(9(10)13)8(6)12-11-5;1-13-9(12)7-4-2-3-6-5-10-11-8(6)7;9-8(12)6-3-1-2-5-4-10-11-7(5)6;1-5-3-2-4-6(7(5)9)8(10)11;;;;;;/h2-4H,1H3,(H,11,12);3-4H,11H2,1-2H3;3-4H,1H3,(H2,10,13)(H,11,12);3-5H,1H3,(H,10,11);2-4H,(H2,9,12)(H,10,11);2-4H,9H2,1H3,(H,10,11);3*1H3;;;/q;;3*-1;;3*-1;;;. The second-order valence-corrected chi connectivity index (χ2v) is 17.5. The SMILES string of the molecule is COC(=O)c1c[c-]cc2cn[nH]c12.COC(=O)c1cc(Br)cc(C)c1N.COC(=O)c1cc(Br)cc2cn[nH]c12.Cc1cccc(C(=O)O)c1N.Cc1n[nH]c2c(C(N)=O)c[c-]cc12.NC(=O)c1c[c-]cc2cn[nH]c12.[CH3-].[CH3-].[CH3-].[Y].[Y].[Y]. The average Bonchev–Trinajstić information content (AvgIpc) is 4.29. The Labute approximate surface area is 565 Å². The van der Waals surface area contributed by atoms with Crippen molar-refractivity contribution in [2.45, 2.75) is 20.8 Å². The zero-order valence-electron chi connectivity index (χ0n) is 45.9. The van der Waals surface area contributed by atoms with Crippen molar-refractivity contribution in [3.63, 3.8) is 0 Å². The molecule has 4 heterocycles. The molecule has 10 rings (SSSR count). The number of rotatable bonds is 6. The zero-order chi connectivity index (χ0) is 55.8. The van der Waals surface area contributed by atoms with E-state index in [0.717, 1.165) is 47.3 Å². The van der Waals surface area contributed by atoms with Gasteiger partial charge in [0.25, 0.3) is 5.97 Å². The molecule has 0 saturated heterocycles. The van der Waals surface area contributed by atoms with E-state index >= 15 is 0 Å². The van der Waals surface area contributed by atoms with Gasteiger partial charge in [0.05, 0.1) is 49.7 Å². The molecule has 3 radical (unpaired) electrons. The number of carbonyl (C=O) groups is 6. The minimum absolute atomic E-state index is 0. The van der Waals surface area contributed by atoms with Crippen LogP contribution in [-0.4, -0.2) is 103 Å². The van der Waals surface area contributed by atoms with Gasteiger partial charge in [0, 0.05) is 142 Å². The molecule has 82 heavy (non-hydrogen) atoms. The van der Waals surface area contributed by atoms with Crippen molar-refractivity contribution in [1.82, 2.24) is 40.8 Å². The predicted octanol–water partition coefficient (Wildman–Crippen LogP) is 9.24. The first kappa shape index (κ1) is 78.0. The Morgan fingerprint density at radius 3 is 1.43 bits per heavy atom. The third kappa shape index (κ3) is 20.4. The number of benzene rings is 6. The molecule has 0 saturated carbocycles. The van der Waals surface area contributed by atoms with Gasteiger partial charge < -0.3 is 79.8 Å². The molecule has 22 nitrogen and oxygen atoms in total. The molecule has 27 heteroatoms. The number of carboxylic acid groups (broad SMARTS) is 1. The van der Waals surface area contributed by atoms with Crippen molar-refractivity contribution in [3.8, 4) is 0 Å². The number of carboxylic acids is 1. The number of para-hydroxylation sites is 1. The number of nitrogens with zero attached hydrogens (tertiary/aromatic N) is 4. The molecule has 0 unspecified atom stereocenters. The monoisotopic (exact) mass is 1470 g/mol. The number of hydrogen-bond donors (Lipinski definition) is 9.